The van der Waals surface area contributed by atoms with E-state index in [1.807, 2.05) is 30.3 Å². The van der Waals surface area contributed by atoms with Crippen LogP contribution in [-0.2, 0) is 0 Å². The lowest BCUT2D eigenvalue weighted by Gasteiger charge is -2.07. The molecule has 0 amide bonds. The first-order valence-electron chi connectivity index (χ1n) is 7.11. The van der Waals surface area contributed by atoms with E-state index in [4.69, 9.17) is 14.4 Å². The summed E-state index contributed by atoms with van der Waals surface area (Å²) < 4.78 is 11.3. The SMILES string of the molecule is C/C(COc1ccc2c(=O)cc(-c3ccccc3)oc2c1)=N\O. The minimum atomic E-state index is -0.107. The normalized spacial score (nSPS) is 11.6. The molecule has 0 spiro atoms. The predicted molar refractivity (Wildman–Crippen MR) is 88.3 cm³/mol. The fourth-order valence-corrected chi connectivity index (χ4v) is 2.19. The molecule has 5 nitrogen and oxygen atoms in total. The summed E-state index contributed by atoms with van der Waals surface area (Å²) in [6.07, 6.45) is 0. The molecule has 1 heterocycles. The van der Waals surface area contributed by atoms with Crippen molar-refractivity contribution in [1.82, 2.24) is 0 Å². The van der Waals surface area contributed by atoms with Crippen LogP contribution in [0.2, 0.25) is 0 Å². The van der Waals surface area contributed by atoms with Crippen molar-refractivity contribution in [2.45, 2.75) is 6.92 Å². The van der Waals surface area contributed by atoms with Gasteiger partial charge in [-0.1, -0.05) is 35.5 Å². The molecule has 0 unspecified atom stereocenters. The highest BCUT2D eigenvalue weighted by Crippen LogP contribution is 2.24. The van der Waals surface area contributed by atoms with E-state index in [-0.39, 0.29) is 12.0 Å². The zero-order valence-electron chi connectivity index (χ0n) is 12.5. The molecule has 0 bridgehead atoms. The monoisotopic (exact) mass is 309 g/mol. The molecule has 2 aromatic carbocycles. The van der Waals surface area contributed by atoms with Gasteiger partial charge in [0.05, 0.1) is 11.1 Å². The van der Waals surface area contributed by atoms with Crippen LogP contribution in [0.1, 0.15) is 6.92 Å². The van der Waals surface area contributed by atoms with Crippen molar-refractivity contribution in [2.75, 3.05) is 6.61 Å². The number of oxime groups is 1. The largest absolute Gasteiger partial charge is 0.487 e. The van der Waals surface area contributed by atoms with E-state index >= 15 is 0 Å². The second kappa shape index (κ2) is 6.36. The molecule has 0 aliphatic rings. The summed E-state index contributed by atoms with van der Waals surface area (Å²) in [6.45, 7) is 1.80. The van der Waals surface area contributed by atoms with E-state index in [0.29, 0.717) is 28.2 Å². The number of fused-ring (bicyclic) bond motifs is 1. The third-order valence-electron chi connectivity index (χ3n) is 3.38. The summed E-state index contributed by atoms with van der Waals surface area (Å²) >= 11 is 0. The van der Waals surface area contributed by atoms with Gasteiger partial charge in [0.1, 0.15) is 23.7 Å². The van der Waals surface area contributed by atoms with Crippen molar-refractivity contribution in [2.24, 2.45) is 5.16 Å². The molecule has 1 aromatic heterocycles. The molecule has 0 fully saturated rings. The van der Waals surface area contributed by atoms with Crippen LogP contribution in [0.4, 0.5) is 0 Å². The number of hydrogen-bond donors (Lipinski definition) is 1. The number of nitrogens with zero attached hydrogens (tertiary/aromatic N) is 1. The molecule has 0 radical (unpaired) electrons. The van der Waals surface area contributed by atoms with Gasteiger partial charge in [0.25, 0.3) is 0 Å². The fourth-order valence-electron chi connectivity index (χ4n) is 2.19. The smallest absolute Gasteiger partial charge is 0.193 e. The van der Waals surface area contributed by atoms with Gasteiger partial charge in [-0.05, 0) is 19.1 Å². The van der Waals surface area contributed by atoms with Crippen LogP contribution >= 0.6 is 0 Å². The van der Waals surface area contributed by atoms with Gasteiger partial charge in [-0.3, -0.25) is 4.79 Å². The molecule has 3 rings (SSSR count). The van der Waals surface area contributed by atoms with Crippen LogP contribution < -0.4 is 10.2 Å². The van der Waals surface area contributed by atoms with E-state index in [0.717, 1.165) is 5.56 Å². The van der Waals surface area contributed by atoms with Crippen LogP contribution in [-0.4, -0.2) is 17.5 Å². The second-order valence-corrected chi connectivity index (χ2v) is 5.12. The number of benzene rings is 2. The van der Waals surface area contributed by atoms with Gasteiger partial charge in [-0.15, -0.1) is 0 Å². The summed E-state index contributed by atoms with van der Waals surface area (Å²) in [5, 5.41) is 12.2. The molecule has 0 saturated heterocycles. The third kappa shape index (κ3) is 3.23. The summed E-state index contributed by atoms with van der Waals surface area (Å²) in [6, 6.07) is 15.9. The van der Waals surface area contributed by atoms with Gasteiger partial charge in [-0.25, -0.2) is 0 Å². The highest BCUT2D eigenvalue weighted by Gasteiger charge is 2.08. The van der Waals surface area contributed by atoms with Crippen LogP contribution in [0, 0.1) is 0 Å². The van der Waals surface area contributed by atoms with Crippen molar-refractivity contribution in [1.29, 1.82) is 0 Å². The van der Waals surface area contributed by atoms with Crippen molar-refractivity contribution in [3.63, 3.8) is 0 Å². The number of ether oxygens (including phenoxy) is 1. The number of rotatable bonds is 4. The average molecular weight is 309 g/mol. The Balaban J connectivity index is 2.02. The molecular formula is C18H15NO4. The maximum absolute atomic E-state index is 12.2. The van der Waals surface area contributed by atoms with E-state index in [9.17, 15) is 4.79 Å². The van der Waals surface area contributed by atoms with Gasteiger partial charge in [-0.2, -0.15) is 0 Å². The Labute approximate surface area is 132 Å². The van der Waals surface area contributed by atoms with Crippen LogP contribution in [0.25, 0.3) is 22.3 Å². The van der Waals surface area contributed by atoms with Crippen LogP contribution in [0.15, 0.2) is 69.0 Å². The van der Waals surface area contributed by atoms with Gasteiger partial charge in [0.2, 0.25) is 0 Å². The van der Waals surface area contributed by atoms with E-state index in [2.05, 4.69) is 5.16 Å². The maximum atomic E-state index is 12.2. The molecule has 0 aliphatic carbocycles. The first-order chi connectivity index (χ1) is 11.2. The standard InChI is InChI=1S/C18H15NO4/c1-12(19-21)11-22-14-7-8-15-16(20)10-17(23-18(15)9-14)13-5-3-2-4-6-13/h2-10,21H,11H2,1H3/b19-12+. The molecule has 0 saturated carbocycles. The quantitative estimate of drug-likeness (QED) is 0.453. The van der Waals surface area contributed by atoms with E-state index in [1.54, 1.807) is 25.1 Å². The van der Waals surface area contributed by atoms with Crippen molar-refractivity contribution < 1.29 is 14.4 Å². The number of hydrogen-bond acceptors (Lipinski definition) is 5. The first-order valence-corrected chi connectivity index (χ1v) is 7.11. The van der Waals surface area contributed by atoms with Crippen LogP contribution in [0.5, 0.6) is 5.75 Å². The zero-order valence-corrected chi connectivity index (χ0v) is 12.5. The molecule has 116 valence electrons. The Morgan fingerprint density at radius 2 is 1.96 bits per heavy atom. The first kappa shape index (κ1) is 14.8. The van der Waals surface area contributed by atoms with E-state index in [1.165, 1.54) is 6.07 Å². The lowest BCUT2D eigenvalue weighted by atomic mass is 10.1. The highest BCUT2D eigenvalue weighted by molar-refractivity contribution is 5.83. The fraction of sp³-hybridized carbons (Fsp3) is 0.111. The molecule has 3 aromatic rings. The van der Waals surface area contributed by atoms with Gasteiger partial charge < -0.3 is 14.4 Å². The predicted octanol–water partition coefficient (Wildman–Crippen LogP) is 3.69. The van der Waals surface area contributed by atoms with Crippen molar-refractivity contribution in [3.05, 3.63) is 64.8 Å². The summed E-state index contributed by atoms with van der Waals surface area (Å²) in [5.41, 5.74) is 1.63. The Kier molecular flexibility index (Phi) is 4.10. The Bertz CT molecular complexity index is 913. The topological polar surface area (TPSA) is 72.0 Å². The average Bonchev–Trinajstić information content (AvgIpc) is 2.60. The Hall–Kier alpha value is -3.08. The summed E-state index contributed by atoms with van der Waals surface area (Å²) in [4.78, 5) is 12.2. The zero-order chi connectivity index (χ0) is 16.2. The van der Waals surface area contributed by atoms with Crippen molar-refractivity contribution in [3.8, 4) is 17.1 Å². The second-order valence-electron chi connectivity index (χ2n) is 5.12. The molecular weight excluding hydrogens is 294 g/mol. The molecule has 23 heavy (non-hydrogen) atoms. The van der Waals surface area contributed by atoms with Crippen LogP contribution in [0.3, 0.4) is 0 Å². The minimum Gasteiger partial charge on any atom is -0.487 e. The molecule has 1 N–H and O–H groups in total. The van der Waals surface area contributed by atoms with Gasteiger partial charge >= 0.3 is 0 Å². The van der Waals surface area contributed by atoms with E-state index < -0.39 is 0 Å². The van der Waals surface area contributed by atoms with Gasteiger partial charge in [0, 0.05) is 17.7 Å². The third-order valence-corrected chi connectivity index (χ3v) is 3.38. The lowest BCUT2D eigenvalue weighted by Crippen LogP contribution is -2.07. The molecule has 0 aliphatic heterocycles. The lowest BCUT2D eigenvalue weighted by molar-refractivity contribution is 0.307. The molecule has 5 heteroatoms. The van der Waals surface area contributed by atoms with Gasteiger partial charge in [0.15, 0.2) is 5.43 Å². The Morgan fingerprint density at radius 3 is 2.70 bits per heavy atom. The minimum absolute atomic E-state index is 0.107. The summed E-state index contributed by atoms with van der Waals surface area (Å²) in [5.74, 6) is 1.04. The Morgan fingerprint density at radius 1 is 1.17 bits per heavy atom. The molecule has 0 atom stereocenters. The van der Waals surface area contributed by atoms with Crippen molar-refractivity contribution >= 4 is 16.7 Å². The summed E-state index contributed by atoms with van der Waals surface area (Å²) in [7, 11) is 0. The highest BCUT2D eigenvalue weighted by atomic mass is 16.5. The maximum Gasteiger partial charge on any atom is 0.193 e.